The highest BCUT2D eigenvalue weighted by molar-refractivity contribution is 5.87. The average molecular weight is 215 g/mol. The molecule has 1 aliphatic rings. The first-order chi connectivity index (χ1) is 7.10. The van der Waals surface area contributed by atoms with Gasteiger partial charge in [0, 0.05) is 6.61 Å². The summed E-state index contributed by atoms with van der Waals surface area (Å²) in [6.45, 7) is 4.19. The predicted molar refractivity (Wildman–Crippen MR) is 53.4 cm³/mol. The van der Waals surface area contributed by atoms with E-state index in [0.717, 1.165) is 0 Å². The van der Waals surface area contributed by atoms with E-state index in [2.05, 4.69) is 5.32 Å². The van der Waals surface area contributed by atoms with Crippen molar-refractivity contribution in [3.63, 3.8) is 0 Å². The first-order valence-electron chi connectivity index (χ1n) is 5.24. The Kier molecular flexibility index (Phi) is 4.08. The minimum absolute atomic E-state index is 0.0127. The molecule has 0 heterocycles. The van der Waals surface area contributed by atoms with Crippen LogP contribution in [0.1, 0.15) is 26.7 Å². The van der Waals surface area contributed by atoms with E-state index in [-0.39, 0.29) is 17.9 Å². The van der Waals surface area contributed by atoms with E-state index < -0.39 is 12.0 Å². The highest BCUT2D eigenvalue weighted by Crippen LogP contribution is 2.33. The average Bonchev–Trinajstić information content (AvgIpc) is 2.93. The lowest BCUT2D eigenvalue weighted by atomic mass is 10.2. The van der Waals surface area contributed by atoms with Crippen molar-refractivity contribution < 1.29 is 19.4 Å². The Bertz CT molecular complexity index is 254. The summed E-state index contributed by atoms with van der Waals surface area (Å²) >= 11 is 0. The zero-order valence-electron chi connectivity index (χ0n) is 9.03. The number of hydrogen-bond donors (Lipinski definition) is 2. The molecular formula is C10H17NO4. The van der Waals surface area contributed by atoms with Gasteiger partial charge in [0.05, 0.1) is 12.0 Å². The lowest BCUT2D eigenvalue weighted by Crippen LogP contribution is -2.41. The predicted octanol–water partition coefficient (Wildman–Crippen LogP) is 0.391. The van der Waals surface area contributed by atoms with Gasteiger partial charge in [-0.1, -0.05) is 6.92 Å². The molecule has 5 nitrogen and oxygen atoms in total. The van der Waals surface area contributed by atoms with Gasteiger partial charge in [-0.2, -0.15) is 0 Å². The largest absolute Gasteiger partial charge is 0.480 e. The standard InChI is InChI=1S/C10H17NO4/c1-3-7(10(13)14)11-9(12)6-5-8(6)15-4-2/h6-8H,3-5H2,1-2H3,(H,11,12)(H,13,14). The van der Waals surface area contributed by atoms with Gasteiger partial charge in [-0.15, -0.1) is 0 Å². The summed E-state index contributed by atoms with van der Waals surface area (Å²) in [5.74, 6) is -1.35. The first kappa shape index (κ1) is 12.0. The monoisotopic (exact) mass is 215 g/mol. The maximum Gasteiger partial charge on any atom is 0.326 e. The van der Waals surface area contributed by atoms with Crippen LogP contribution in [0.3, 0.4) is 0 Å². The number of carboxylic acids is 1. The quantitative estimate of drug-likeness (QED) is 0.672. The van der Waals surface area contributed by atoms with Crippen molar-refractivity contribution in [2.75, 3.05) is 6.61 Å². The van der Waals surface area contributed by atoms with Crippen molar-refractivity contribution in [2.24, 2.45) is 5.92 Å². The van der Waals surface area contributed by atoms with E-state index in [1.165, 1.54) is 0 Å². The number of hydrogen-bond acceptors (Lipinski definition) is 3. The second-order valence-electron chi connectivity index (χ2n) is 3.64. The molecule has 0 spiro atoms. The normalized spacial score (nSPS) is 25.7. The van der Waals surface area contributed by atoms with Crippen LogP contribution < -0.4 is 5.32 Å². The maximum atomic E-state index is 11.5. The van der Waals surface area contributed by atoms with Crippen LogP contribution >= 0.6 is 0 Å². The number of amides is 1. The number of ether oxygens (including phenoxy) is 1. The van der Waals surface area contributed by atoms with Gasteiger partial charge in [-0.3, -0.25) is 4.79 Å². The number of rotatable bonds is 6. The second kappa shape index (κ2) is 5.11. The third-order valence-electron chi connectivity index (χ3n) is 2.47. The molecule has 1 rings (SSSR count). The summed E-state index contributed by atoms with van der Waals surface area (Å²) in [5.41, 5.74) is 0. The molecule has 0 bridgehead atoms. The molecule has 3 unspecified atom stereocenters. The molecule has 86 valence electrons. The van der Waals surface area contributed by atoms with Crippen molar-refractivity contribution in [2.45, 2.75) is 38.8 Å². The van der Waals surface area contributed by atoms with E-state index in [4.69, 9.17) is 9.84 Å². The fourth-order valence-electron chi connectivity index (χ4n) is 1.46. The van der Waals surface area contributed by atoms with Gasteiger partial charge in [-0.25, -0.2) is 4.79 Å². The molecule has 0 aliphatic heterocycles. The fourth-order valence-corrected chi connectivity index (χ4v) is 1.46. The number of carboxylic acid groups (broad SMARTS) is 1. The summed E-state index contributed by atoms with van der Waals surface area (Å²) in [5, 5.41) is 11.2. The van der Waals surface area contributed by atoms with Gasteiger partial charge in [-0.05, 0) is 19.8 Å². The Morgan fingerprint density at radius 2 is 2.20 bits per heavy atom. The zero-order valence-corrected chi connectivity index (χ0v) is 9.03. The molecular weight excluding hydrogens is 198 g/mol. The van der Waals surface area contributed by atoms with Crippen LogP contribution in [0.15, 0.2) is 0 Å². The molecule has 5 heteroatoms. The smallest absolute Gasteiger partial charge is 0.326 e. The Morgan fingerprint density at radius 3 is 2.67 bits per heavy atom. The van der Waals surface area contributed by atoms with Gasteiger partial charge in [0.25, 0.3) is 0 Å². The Balaban J connectivity index is 2.33. The Hall–Kier alpha value is -1.10. The molecule has 0 aromatic rings. The maximum absolute atomic E-state index is 11.5. The van der Waals surface area contributed by atoms with Crippen molar-refractivity contribution in [3.05, 3.63) is 0 Å². The second-order valence-corrected chi connectivity index (χ2v) is 3.64. The van der Waals surface area contributed by atoms with E-state index in [0.29, 0.717) is 19.4 Å². The Labute approximate surface area is 88.8 Å². The van der Waals surface area contributed by atoms with Gasteiger partial charge in [0.1, 0.15) is 6.04 Å². The van der Waals surface area contributed by atoms with Gasteiger partial charge >= 0.3 is 5.97 Å². The van der Waals surface area contributed by atoms with Crippen LogP contribution in [0.25, 0.3) is 0 Å². The minimum Gasteiger partial charge on any atom is -0.480 e. The van der Waals surface area contributed by atoms with E-state index in [9.17, 15) is 9.59 Å². The fraction of sp³-hybridized carbons (Fsp3) is 0.800. The van der Waals surface area contributed by atoms with Crippen molar-refractivity contribution in [3.8, 4) is 0 Å². The zero-order chi connectivity index (χ0) is 11.4. The number of carbonyl (C=O) groups is 2. The third-order valence-corrected chi connectivity index (χ3v) is 2.47. The van der Waals surface area contributed by atoms with Crippen LogP contribution in [0.4, 0.5) is 0 Å². The molecule has 0 aromatic carbocycles. The summed E-state index contributed by atoms with van der Waals surface area (Å²) in [4.78, 5) is 22.2. The van der Waals surface area contributed by atoms with Crippen molar-refractivity contribution in [1.29, 1.82) is 0 Å². The van der Waals surface area contributed by atoms with Crippen LogP contribution in [0.2, 0.25) is 0 Å². The lowest BCUT2D eigenvalue weighted by molar-refractivity contribution is -0.142. The molecule has 1 fully saturated rings. The third kappa shape index (κ3) is 3.20. The molecule has 2 N–H and O–H groups in total. The van der Waals surface area contributed by atoms with Crippen LogP contribution in [0.5, 0.6) is 0 Å². The first-order valence-corrected chi connectivity index (χ1v) is 5.24. The van der Waals surface area contributed by atoms with E-state index in [1.807, 2.05) is 6.92 Å². The number of carbonyl (C=O) groups excluding carboxylic acids is 1. The molecule has 0 saturated heterocycles. The topological polar surface area (TPSA) is 75.6 Å². The highest BCUT2D eigenvalue weighted by Gasteiger charge is 2.44. The molecule has 0 radical (unpaired) electrons. The number of nitrogens with one attached hydrogen (secondary N) is 1. The molecule has 3 atom stereocenters. The van der Waals surface area contributed by atoms with Gasteiger partial charge < -0.3 is 15.2 Å². The Morgan fingerprint density at radius 1 is 1.53 bits per heavy atom. The van der Waals surface area contributed by atoms with Gasteiger partial charge in [0.15, 0.2) is 0 Å². The molecule has 15 heavy (non-hydrogen) atoms. The van der Waals surface area contributed by atoms with Gasteiger partial charge in [0.2, 0.25) is 5.91 Å². The summed E-state index contributed by atoms with van der Waals surface area (Å²) < 4.78 is 5.25. The SMILES string of the molecule is CCOC1CC1C(=O)NC(CC)C(=O)O. The van der Waals surface area contributed by atoms with Crippen LogP contribution in [-0.4, -0.2) is 35.7 Å². The summed E-state index contributed by atoms with van der Waals surface area (Å²) in [6.07, 6.45) is 1.09. The van der Waals surface area contributed by atoms with E-state index in [1.54, 1.807) is 6.92 Å². The lowest BCUT2D eigenvalue weighted by Gasteiger charge is -2.11. The van der Waals surface area contributed by atoms with Crippen LogP contribution in [0, 0.1) is 5.92 Å². The highest BCUT2D eigenvalue weighted by atomic mass is 16.5. The van der Waals surface area contributed by atoms with Crippen LogP contribution in [-0.2, 0) is 14.3 Å². The minimum atomic E-state index is -0.987. The molecule has 0 aromatic heterocycles. The molecule has 1 aliphatic carbocycles. The van der Waals surface area contributed by atoms with Crippen molar-refractivity contribution in [1.82, 2.24) is 5.32 Å². The van der Waals surface area contributed by atoms with E-state index >= 15 is 0 Å². The summed E-state index contributed by atoms with van der Waals surface area (Å²) in [7, 11) is 0. The number of aliphatic carboxylic acids is 1. The molecule has 1 amide bonds. The summed E-state index contributed by atoms with van der Waals surface area (Å²) in [6, 6.07) is -0.777. The molecule has 1 saturated carbocycles. The van der Waals surface area contributed by atoms with Crippen molar-refractivity contribution >= 4 is 11.9 Å².